The summed E-state index contributed by atoms with van der Waals surface area (Å²) in [5.41, 5.74) is 1.48. The van der Waals surface area contributed by atoms with Crippen LogP contribution >= 0.6 is 0 Å². The van der Waals surface area contributed by atoms with Crippen LogP contribution in [0.1, 0.15) is 39.6 Å². The Kier molecular flexibility index (Phi) is 4.46. The summed E-state index contributed by atoms with van der Waals surface area (Å²) in [5, 5.41) is 3.95. The highest BCUT2D eigenvalue weighted by Crippen LogP contribution is 2.24. The standard InChI is InChI=1S/C19H20FN5O3/c1-10(2)25-14-7-12(20)5-6-13(14)24-9-21-16(17(24)19(25)26)18-22-15(28-23-18)8-27-11(3)4/h5-7,9-11H,8H2,1-4H3. The fourth-order valence-electron chi connectivity index (χ4n) is 3.18. The van der Waals surface area contributed by atoms with Crippen molar-refractivity contribution in [2.75, 3.05) is 0 Å². The maximum absolute atomic E-state index is 13.8. The molecule has 0 aliphatic carbocycles. The van der Waals surface area contributed by atoms with Gasteiger partial charge in [-0.05, 0) is 45.9 Å². The smallest absolute Gasteiger partial charge is 0.278 e. The molecule has 0 saturated heterocycles. The molecule has 0 bridgehead atoms. The molecular formula is C19H20FN5O3. The molecule has 9 heteroatoms. The summed E-state index contributed by atoms with van der Waals surface area (Å²) in [6, 6.07) is 4.15. The molecule has 0 saturated carbocycles. The zero-order chi connectivity index (χ0) is 20.0. The lowest BCUT2D eigenvalue weighted by molar-refractivity contribution is 0.0485. The number of fused-ring (bicyclic) bond motifs is 3. The van der Waals surface area contributed by atoms with Gasteiger partial charge in [0.25, 0.3) is 11.4 Å². The maximum Gasteiger partial charge on any atom is 0.278 e. The Labute approximate surface area is 159 Å². The summed E-state index contributed by atoms with van der Waals surface area (Å²) in [6.45, 7) is 7.72. The van der Waals surface area contributed by atoms with E-state index in [1.807, 2.05) is 27.7 Å². The van der Waals surface area contributed by atoms with Crippen molar-refractivity contribution in [3.8, 4) is 11.5 Å². The van der Waals surface area contributed by atoms with Crippen molar-refractivity contribution in [1.82, 2.24) is 24.1 Å². The molecule has 3 aromatic heterocycles. The van der Waals surface area contributed by atoms with Crippen molar-refractivity contribution in [3.05, 3.63) is 46.6 Å². The molecule has 4 rings (SSSR count). The molecule has 0 aliphatic rings. The summed E-state index contributed by atoms with van der Waals surface area (Å²) in [7, 11) is 0. The Morgan fingerprint density at radius 2 is 2.00 bits per heavy atom. The first-order valence-corrected chi connectivity index (χ1v) is 9.02. The van der Waals surface area contributed by atoms with Gasteiger partial charge in [0.15, 0.2) is 0 Å². The lowest BCUT2D eigenvalue weighted by atomic mass is 10.2. The van der Waals surface area contributed by atoms with Gasteiger partial charge in [-0.3, -0.25) is 9.20 Å². The molecule has 0 spiro atoms. The second-order valence-corrected chi connectivity index (χ2v) is 7.09. The first kappa shape index (κ1) is 18.3. The van der Waals surface area contributed by atoms with E-state index in [4.69, 9.17) is 9.26 Å². The van der Waals surface area contributed by atoms with E-state index in [0.29, 0.717) is 28.1 Å². The van der Waals surface area contributed by atoms with Gasteiger partial charge in [0.05, 0.1) is 17.1 Å². The van der Waals surface area contributed by atoms with Crippen molar-refractivity contribution in [1.29, 1.82) is 0 Å². The number of ether oxygens (including phenoxy) is 1. The average molecular weight is 385 g/mol. The SMILES string of the molecule is CC(C)OCc1nc(-c2ncn3c2c(=O)n(C(C)C)c2cc(F)ccc23)no1. The van der Waals surface area contributed by atoms with E-state index in [2.05, 4.69) is 15.1 Å². The number of aromatic nitrogens is 5. The van der Waals surface area contributed by atoms with Gasteiger partial charge in [-0.1, -0.05) is 5.16 Å². The molecule has 3 heterocycles. The van der Waals surface area contributed by atoms with E-state index in [9.17, 15) is 9.18 Å². The Balaban J connectivity index is 1.94. The third-order valence-corrected chi connectivity index (χ3v) is 4.38. The summed E-state index contributed by atoms with van der Waals surface area (Å²) in [4.78, 5) is 21.9. The highest BCUT2D eigenvalue weighted by Gasteiger charge is 2.21. The van der Waals surface area contributed by atoms with Crippen LogP contribution in [0.5, 0.6) is 0 Å². The zero-order valence-electron chi connectivity index (χ0n) is 16.0. The number of nitrogens with zero attached hydrogens (tertiary/aromatic N) is 5. The molecule has 146 valence electrons. The molecule has 0 atom stereocenters. The van der Waals surface area contributed by atoms with Crippen molar-refractivity contribution >= 4 is 16.6 Å². The van der Waals surface area contributed by atoms with Crippen molar-refractivity contribution in [2.24, 2.45) is 0 Å². The van der Waals surface area contributed by atoms with Crippen molar-refractivity contribution < 1.29 is 13.7 Å². The lowest BCUT2D eigenvalue weighted by Crippen LogP contribution is -2.24. The second kappa shape index (κ2) is 6.83. The number of benzene rings is 1. The van der Waals surface area contributed by atoms with E-state index in [-0.39, 0.29) is 30.1 Å². The van der Waals surface area contributed by atoms with Crippen LogP contribution in [0.3, 0.4) is 0 Å². The molecule has 4 aromatic rings. The molecular weight excluding hydrogens is 365 g/mol. The van der Waals surface area contributed by atoms with Gasteiger partial charge in [0.1, 0.15) is 30.0 Å². The van der Waals surface area contributed by atoms with Crippen LogP contribution in [0.2, 0.25) is 0 Å². The topological polar surface area (TPSA) is 87.5 Å². The molecule has 0 radical (unpaired) electrons. The minimum Gasteiger partial charge on any atom is -0.369 e. The van der Waals surface area contributed by atoms with E-state index >= 15 is 0 Å². The largest absolute Gasteiger partial charge is 0.369 e. The molecule has 0 N–H and O–H groups in total. The number of halogens is 1. The summed E-state index contributed by atoms with van der Waals surface area (Å²) in [5.74, 6) is 0.101. The second-order valence-electron chi connectivity index (χ2n) is 7.09. The summed E-state index contributed by atoms with van der Waals surface area (Å²) < 4.78 is 27.7. The van der Waals surface area contributed by atoms with Crippen LogP contribution in [-0.2, 0) is 11.3 Å². The van der Waals surface area contributed by atoms with Gasteiger partial charge >= 0.3 is 0 Å². The highest BCUT2D eigenvalue weighted by atomic mass is 19.1. The van der Waals surface area contributed by atoms with Crippen LogP contribution in [0, 0.1) is 5.82 Å². The number of hydrogen-bond acceptors (Lipinski definition) is 6. The van der Waals surface area contributed by atoms with Crippen LogP contribution in [0.15, 0.2) is 33.8 Å². The number of imidazole rings is 1. The van der Waals surface area contributed by atoms with Crippen molar-refractivity contribution in [2.45, 2.75) is 46.4 Å². The predicted molar refractivity (Wildman–Crippen MR) is 101 cm³/mol. The Hall–Kier alpha value is -3.07. The summed E-state index contributed by atoms with van der Waals surface area (Å²) in [6.07, 6.45) is 1.53. The number of rotatable bonds is 5. The highest BCUT2D eigenvalue weighted by molar-refractivity contribution is 5.83. The molecule has 0 unspecified atom stereocenters. The molecule has 0 amide bonds. The average Bonchev–Trinajstić information content (AvgIpc) is 3.26. The van der Waals surface area contributed by atoms with Crippen LogP contribution < -0.4 is 5.56 Å². The van der Waals surface area contributed by atoms with Crippen LogP contribution in [0.4, 0.5) is 4.39 Å². The van der Waals surface area contributed by atoms with E-state index in [0.717, 1.165) is 0 Å². The van der Waals surface area contributed by atoms with Crippen LogP contribution in [0.25, 0.3) is 28.1 Å². The van der Waals surface area contributed by atoms with E-state index in [1.165, 1.54) is 18.5 Å². The molecule has 0 fully saturated rings. The minimum absolute atomic E-state index is 0.0220. The minimum atomic E-state index is -0.408. The molecule has 1 aromatic carbocycles. The number of hydrogen-bond donors (Lipinski definition) is 0. The van der Waals surface area contributed by atoms with Gasteiger partial charge in [-0.15, -0.1) is 0 Å². The Bertz CT molecular complexity index is 1220. The first-order chi connectivity index (χ1) is 13.4. The third kappa shape index (κ3) is 2.97. The third-order valence-electron chi connectivity index (χ3n) is 4.38. The normalized spacial score (nSPS) is 12.1. The monoisotopic (exact) mass is 385 g/mol. The van der Waals surface area contributed by atoms with Crippen LogP contribution in [-0.4, -0.2) is 30.2 Å². The van der Waals surface area contributed by atoms with Gasteiger partial charge < -0.3 is 13.8 Å². The Morgan fingerprint density at radius 3 is 2.71 bits per heavy atom. The fraction of sp³-hybridized carbons (Fsp3) is 0.368. The van der Waals surface area contributed by atoms with Gasteiger partial charge in [0, 0.05) is 6.04 Å². The van der Waals surface area contributed by atoms with Gasteiger partial charge in [-0.25, -0.2) is 9.37 Å². The zero-order valence-corrected chi connectivity index (χ0v) is 16.0. The maximum atomic E-state index is 13.8. The molecule has 8 nitrogen and oxygen atoms in total. The van der Waals surface area contributed by atoms with Crippen molar-refractivity contribution in [3.63, 3.8) is 0 Å². The van der Waals surface area contributed by atoms with Gasteiger partial charge in [-0.2, -0.15) is 4.98 Å². The van der Waals surface area contributed by atoms with Gasteiger partial charge in [0.2, 0.25) is 5.82 Å². The summed E-state index contributed by atoms with van der Waals surface area (Å²) >= 11 is 0. The predicted octanol–water partition coefficient (Wildman–Crippen LogP) is 3.34. The fourth-order valence-corrected chi connectivity index (χ4v) is 3.18. The lowest BCUT2D eigenvalue weighted by Gasteiger charge is -2.15. The Morgan fingerprint density at radius 1 is 1.21 bits per heavy atom. The quantitative estimate of drug-likeness (QED) is 0.524. The van der Waals surface area contributed by atoms with E-state index < -0.39 is 5.82 Å². The first-order valence-electron chi connectivity index (χ1n) is 9.02. The molecule has 0 aliphatic heterocycles. The molecule has 28 heavy (non-hydrogen) atoms. The van der Waals surface area contributed by atoms with E-state index in [1.54, 1.807) is 15.0 Å².